The van der Waals surface area contributed by atoms with E-state index in [2.05, 4.69) is 18.9 Å². The number of hydrogen-bond acceptors (Lipinski definition) is 2. The standard InChI is InChI=1S/C13H18N2O/c1-4-10(2)9-16-12-5-6-13-11(7-12)8-14-15(13)3/h5-8,10H,4,9H2,1-3H3. The third-order valence-corrected chi connectivity index (χ3v) is 2.95. The molecule has 1 aromatic heterocycles. The monoisotopic (exact) mass is 218 g/mol. The van der Waals surface area contributed by atoms with Gasteiger partial charge in [0.15, 0.2) is 0 Å². The van der Waals surface area contributed by atoms with Gasteiger partial charge < -0.3 is 4.74 Å². The van der Waals surface area contributed by atoms with Gasteiger partial charge in [0.05, 0.1) is 18.3 Å². The minimum Gasteiger partial charge on any atom is -0.493 e. The maximum Gasteiger partial charge on any atom is 0.120 e. The summed E-state index contributed by atoms with van der Waals surface area (Å²) in [6.45, 7) is 5.16. The van der Waals surface area contributed by atoms with E-state index in [4.69, 9.17) is 4.74 Å². The van der Waals surface area contributed by atoms with Crippen molar-refractivity contribution in [1.29, 1.82) is 0 Å². The molecule has 2 aromatic rings. The van der Waals surface area contributed by atoms with Crippen LogP contribution in [0.1, 0.15) is 20.3 Å². The van der Waals surface area contributed by atoms with Crippen molar-refractivity contribution in [3.63, 3.8) is 0 Å². The van der Waals surface area contributed by atoms with Crippen molar-refractivity contribution >= 4 is 10.9 Å². The summed E-state index contributed by atoms with van der Waals surface area (Å²) in [5.74, 6) is 1.53. The average Bonchev–Trinajstić information content (AvgIpc) is 2.67. The second-order valence-electron chi connectivity index (χ2n) is 4.31. The molecule has 1 aromatic carbocycles. The fourth-order valence-corrected chi connectivity index (χ4v) is 1.59. The van der Waals surface area contributed by atoms with Gasteiger partial charge in [0.1, 0.15) is 5.75 Å². The Morgan fingerprint density at radius 3 is 3.00 bits per heavy atom. The van der Waals surface area contributed by atoms with Crippen LogP contribution in [0.5, 0.6) is 5.75 Å². The molecule has 86 valence electrons. The average molecular weight is 218 g/mol. The summed E-state index contributed by atoms with van der Waals surface area (Å²) in [5.41, 5.74) is 1.14. The molecule has 0 saturated carbocycles. The highest BCUT2D eigenvalue weighted by molar-refractivity contribution is 5.80. The zero-order valence-corrected chi connectivity index (χ0v) is 10.1. The van der Waals surface area contributed by atoms with Crippen LogP contribution in [0.3, 0.4) is 0 Å². The smallest absolute Gasteiger partial charge is 0.120 e. The molecule has 3 heteroatoms. The van der Waals surface area contributed by atoms with E-state index in [-0.39, 0.29) is 0 Å². The van der Waals surface area contributed by atoms with Crippen LogP contribution in [0.15, 0.2) is 24.4 Å². The number of benzene rings is 1. The Labute approximate surface area is 96.0 Å². The van der Waals surface area contributed by atoms with Crippen molar-refractivity contribution < 1.29 is 4.74 Å². The van der Waals surface area contributed by atoms with Crippen molar-refractivity contribution in [3.8, 4) is 5.75 Å². The Bertz CT molecular complexity index is 476. The Morgan fingerprint density at radius 2 is 2.25 bits per heavy atom. The minimum atomic E-state index is 0.601. The van der Waals surface area contributed by atoms with Crippen LogP contribution in [-0.4, -0.2) is 16.4 Å². The van der Waals surface area contributed by atoms with Crippen molar-refractivity contribution in [3.05, 3.63) is 24.4 Å². The van der Waals surface area contributed by atoms with Crippen LogP contribution in [0, 0.1) is 5.92 Å². The highest BCUT2D eigenvalue weighted by Gasteiger charge is 2.03. The van der Waals surface area contributed by atoms with Gasteiger partial charge in [-0.1, -0.05) is 20.3 Å². The van der Waals surface area contributed by atoms with Crippen LogP contribution in [0.4, 0.5) is 0 Å². The molecule has 0 aliphatic rings. The molecule has 2 rings (SSSR count). The van der Waals surface area contributed by atoms with Gasteiger partial charge in [0.2, 0.25) is 0 Å². The Morgan fingerprint density at radius 1 is 1.44 bits per heavy atom. The first kappa shape index (κ1) is 11.0. The molecule has 1 atom stereocenters. The molecule has 0 radical (unpaired) electrons. The van der Waals surface area contributed by atoms with E-state index in [0.29, 0.717) is 5.92 Å². The lowest BCUT2D eigenvalue weighted by atomic mass is 10.1. The van der Waals surface area contributed by atoms with Gasteiger partial charge in [-0.05, 0) is 24.1 Å². The summed E-state index contributed by atoms with van der Waals surface area (Å²) in [6.07, 6.45) is 3.01. The molecular formula is C13H18N2O. The van der Waals surface area contributed by atoms with Crippen LogP contribution in [0.25, 0.3) is 10.9 Å². The highest BCUT2D eigenvalue weighted by atomic mass is 16.5. The van der Waals surface area contributed by atoms with E-state index in [1.807, 2.05) is 36.1 Å². The third kappa shape index (κ3) is 2.18. The zero-order valence-electron chi connectivity index (χ0n) is 10.1. The predicted octanol–water partition coefficient (Wildman–Crippen LogP) is 3.00. The lowest BCUT2D eigenvalue weighted by Crippen LogP contribution is -2.07. The molecule has 0 fully saturated rings. The van der Waals surface area contributed by atoms with Gasteiger partial charge in [-0.15, -0.1) is 0 Å². The normalized spacial score (nSPS) is 12.9. The van der Waals surface area contributed by atoms with Crippen molar-refractivity contribution in [2.45, 2.75) is 20.3 Å². The second kappa shape index (κ2) is 4.56. The third-order valence-electron chi connectivity index (χ3n) is 2.95. The Kier molecular flexibility index (Phi) is 3.13. The summed E-state index contributed by atoms with van der Waals surface area (Å²) in [4.78, 5) is 0. The van der Waals surface area contributed by atoms with Gasteiger partial charge in [-0.3, -0.25) is 4.68 Å². The lowest BCUT2D eigenvalue weighted by molar-refractivity contribution is 0.257. The van der Waals surface area contributed by atoms with Gasteiger partial charge in [-0.25, -0.2) is 0 Å². The van der Waals surface area contributed by atoms with E-state index < -0.39 is 0 Å². The van der Waals surface area contributed by atoms with E-state index in [9.17, 15) is 0 Å². The summed E-state index contributed by atoms with van der Waals surface area (Å²) < 4.78 is 7.61. The van der Waals surface area contributed by atoms with E-state index in [1.54, 1.807) is 0 Å². The van der Waals surface area contributed by atoms with Crippen LogP contribution < -0.4 is 4.74 Å². The molecule has 0 saturated heterocycles. The van der Waals surface area contributed by atoms with Crippen molar-refractivity contribution in [1.82, 2.24) is 9.78 Å². The van der Waals surface area contributed by atoms with Crippen molar-refractivity contribution in [2.24, 2.45) is 13.0 Å². The molecule has 1 heterocycles. The molecule has 0 aliphatic carbocycles. The summed E-state index contributed by atoms with van der Waals surface area (Å²) >= 11 is 0. The van der Waals surface area contributed by atoms with E-state index >= 15 is 0 Å². The fourth-order valence-electron chi connectivity index (χ4n) is 1.59. The summed E-state index contributed by atoms with van der Waals surface area (Å²) in [5, 5.41) is 5.34. The summed E-state index contributed by atoms with van der Waals surface area (Å²) in [6, 6.07) is 6.10. The largest absolute Gasteiger partial charge is 0.493 e. The first-order valence-electron chi connectivity index (χ1n) is 5.75. The quantitative estimate of drug-likeness (QED) is 0.788. The summed E-state index contributed by atoms with van der Waals surface area (Å²) in [7, 11) is 1.95. The zero-order chi connectivity index (χ0) is 11.5. The predicted molar refractivity (Wildman–Crippen MR) is 65.7 cm³/mol. The molecule has 3 nitrogen and oxygen atoms in total. The molecule has 0 amide bonds. The van der Waals surface area contributed by atoms with Gasteiger partial charge in [-0.2, -0.15) is 5.10 Å². The molecule has 16 heavy (non-hydrogen) atoms. The van der Waals surface area contributed by atoms with Crippen LogP contribution in [-0.2, 0) is 7.05 Å². The SMILES string of the molecule is CCC(C)COc1ccc2c(cnn2C)c1. The molecule has 0 aliphatic heterocycles. The lowest BCUT2D eigenvalue weighted by Gasteiger charge is -2.10. The number of ether oxygens (including phenoxy) is 1. The Balaban J connectivity index is 2.14. The minimum absolute atomic E-state index is 0.601. The molecular weight excluding hydrogens is 200 g/mol. The van der Waals surface area contributed by atoms with Gasteiger partial charge in [0.25, 0.3) is 0 Å². The first-order chi connectivity index (χ1) is 7.70. The van der Waals surface area contributed by atoms with Gasteiger partial charge in [0, 0.05) is 12.4 Å². The number of fused-ring (bicyclic) bond motifs is 1. The maximum atomic E-state index is 5.74. The first-order valence-corrected chi connectivity index (χ1v) is 5.75. The van der Waals surface area contributed by atoms with E-state index in [1.165, 1.54) is 0 Å². The highest BCUT2D eigenvalue weighted by Crippen LogP contribution is 2.20. The van der Waals surface area contributed by atoms with Crippen LogP contribution >= 0.6 is 0 Å². The maximum absolute atomic E-state index is 5.74. The fraction of sp³-hybridized carbons (Fsp3) is 0.462. The number of nitrogens with zero attached hydrogens (tertiary/aromatic N) is 2. The number of aryl methyl sites for hydroxylation is 1. The Hall–Kier alpha value is -1.51. The topological polar surface area (TPSA) is 27.1 Å². The van der Waals surface area contributed by atoms with Crippen molar-refractivity contribution in [2.75, 3.05) is 6.61 Å². The number of rotatable bonds is 4. The molecule has 0 bridgehead atoms. The van der Waals surface area contributed by atoms with E-state index in [0.717, 1.165) is 29.7 Å². The second-order valence-corrected chi connectivity index (χ2v) is 4.31. The molecule has 0 N–H and O–H groups in total. The number of aromatic nitrogens is 2. The van der Waals surface area contributed by atoms with Gasteiger partial charge >= 0.3 is 0 Å². The molecule has 1 unspecified atom stereocenters. The van der Waals surface area contributed by atoms with Crippen LogP contribution in [0.2, 0.25) is 0 Å². The number of hydrogen-bond donors (Lipinski definition) is 0. The molecule has 0 spiro atoms.